The largest absolute Gasteiger partial charge is 0.490 e. The standard InChI is InChI=1S/C19H25N7O7.C2HF3O2/c1-11(27)22-18-16(17-20-7-12(23-17)8-25-2-4-33-5-3-25)21-10-26(18)9-14(28)24-13(19(31)32)6-15(29)30;3-2(4,5)1(6)7/h7,10,13H,2-6,8-9H2,1H3,(H,20,23)(H,22,27)(H,24,28)(H,29,30)(H,31,32);(H,6,7)/t13-;/m0./s1. The van der Waals surface area contributed by atoms with Crippen molar-refractivity contribution in [2.75, 3.05) is 31.6 Å². The smallest absolute Gasteiger partial charge is 0.481 e. The van der Waals surface area contributed by atoms with Crippen LogP contribution in [-0.4, -0.2) is 108 Å². The van der Waals surface area contributed by atoms with Crippen LogP contribution >= 0.6 is 0 Å². The van der Waals surface area contributed by atoms with Crippen LogP contribution in [-0.2, 0) is 41.8 Å². The highest BCUT2D eigenvalue weighted by Gasteiger charge is 2.38. The highest BCUT2D eigenvalue weighted by Crippen LogP contribution is 2.25. The van der Waals surface area contributed by atoms with Gasteiger partial charge >= 0.3 is 24.1 Å². The Hall–Kier alpha value is -4.52. The quantitative estimate of drug-likeness (QED) is 0.215. The first-order valence-corrected chi connectivity index (χ1v) is 11.4. The topological polar surface area (TPSA) is 229 Å². The van der Waals surface area contributed by atoms with Crippen LogP contribution in [0.25, 0.3) is 11.5 Å². The average molecular weight is 577 g/mol. The lowest BCUT2D eigenvalue weighted by Crippen LogP contribution is -2.43. The molecular weight excluding hydrogens is 551 g/mol. The molecule has 0 saturated carbocycles. The number of carbonyl (C=O) groups is 5. The molecule has 0 radical (unpaired) electrons. The number of anilines is 1. The number of ether oxygens (including phenoxy) is 1. The summed E-state index contributed by atoms with van der Waals surface area (Å²) in [5.41, 5.74) is 1.14. The minimum atomic E-state index is -5.08. The van der Waals surface area contributed by atoms with Crippen molar-refractivity contribution in [2.45, 2.75) is 38.7 Å². The van der Waals surface area contributed by atoms with E-state index in [0.29, 0.717) is 31.3 Å². The number of rotatable bonds is 10. The molecule has 0 aromatic carbocycles. The lowest BCUT2D eigenvalue weighted by atomic mass is 10.2. The third-order valence-corrected chi connectivity index (χ3v) is 5.05. The summed E-state index contributed by atoms with van der Waals surface area (Å²) in [6, 6.07) is -1.59. The molecule has 220 valence electrons. The molecule has 0 bridgehead atoms. The summed E-state index contributed by atoms with van der Waals surface area (Å²) in [6.07, 6.45) is -2.89. The molecule has 2 amide bonds. The summed E-state index contributed by atoms with van der Waals surface area (Å²) in [7, 11) is 0. The van der Waals surface area contributed by atoms with Gasteiger partial charge in [0.2, 0.25) is 11.8 Å². The number of nitrogens with one attached hydrogen (secondary N) is 3. The van der Waals surface area contributed by atoms with Gasteiger partial charge in [0.25, 0.3) is 0 Å². The zero-order valence-corrected chi connectivity index (χ0v) is 20.9. The number of carboxylic acids is 3. The molecule has 1 saturated heterocycles. The first kappa shape index (κ1) is 31.7. The molecule has 6 N–H and O–H groups in total. The first-order chi connectivity index (χ1) is 18.7. The Labute approximate surface area is 223 Å². The van der Waals surface area contributed by atoms with Crippen LogP contribution in [0.3, 0.4) is 0 Å². The molecule has 0 spiro atoms. The van der Waals surface area contributed by atoms with Crippen LogP contribution in [0.4, 0.5) is 19.0 Å². The van der Waals surface area contributed by atoms with E-state index in [4.69, 9.17) is 24.9 Å². The summed E-state index contributed by atoms with van der Waals surface area (Å²) in [6.45, 7) is 4.45. The van der Waals surface area contributed by atoms with Crippen molar-refractivity contribution in [3.05, 3.63) is 18.2 Å². The number of morpholine rings is 1. The van der Waals surface area contributed by atoms with Gasteiger partial charge < -0.3 is 40.2 Å². The summed E-state index contributed by atoms with van der Waals surface area (Å²) in [5.74, 6) is -6.18. The monoisotopic (exact) mass is 577 g/mol. The number of nitrogens with zero attached hydrogens (tertiary/aromatic N) is 4. The number of amides is 2. The van der Waals surface area contributed by atoms with Crippen LogP contribution in [0.15, 0.2) is 12.5 Å². The molecule has 1 aliphatic heterocycles. The number of aromatic amines is 1. The molecule has 1 atom stereocenters. The second kappa shape index (κ2) is 14.0. The zero-order chi connectivity index (χ0) is 30.0. The van der Waals surface area contributed by atoms with Gasteiger partial charge in [-0.05, 0) is 0 Å². The molecule has 3 heterocycles. The van der Waals surface area contributed by atoms with Crippen molar-refractivity contribution in [2.24, 2.45) is 0 Å². The lowest BCUT2D eigenvalue weighted by molar-refractivity contribution is -0.192. The Morgan fingerprint density at radius 1 is 1.12 bits per heavy atom. The fourth-order valence-corrected chi connectivity index (χ4v) is 3.30. The Bertz CT molecular complexity index is 1220. The van der Waals surface area contributed by atoms with Gasteiger partial charge in [-0.15, -0.1) is 0 Å². The molecule has 19 heteroatoms. The zero-order valence-electron chi connectivity index (χ0n) is 20.9. The van der Waals surface area contributed by atoms with Crippen LogP contribution < -0.4 is 10.6 Å². The fourth-order valence-electron chi connectivity index (χ4n) is 3.30. The second-order valence-electron chi connectivity index (χ2n) is 8.26. The maximum absolute atomic E-state index is 12.4. The summed E-state index contributed by atoms with van der Waals surface area (Å²) in [5, 5.41) is 29.8. The molecule has 2 aromatic rings. The molecular formula is C21H26F3N7O9. The molecule has 3 rings (SSSR count). The molecule has 0 unspecified atom stereocenters. The normalized spacial score (nSPS) is 14.4. The van der Waals surface area contributed by atoms with Crippen molar-refractivity contribution in [1.29, 1.82) is 0 Å². The van der Waals surface area contributed by atoms with Crippen LogP contribution in [0, 0.1) is 0 Å². The van der Waals surface area contributed by atoms with E-state index in [9.17, 15) is 32.3 Å². The Morgan fingerprint density at radius 3 is 2.27 bits per heavy atom. The number of carboxylic acid groups (broad SMARTS) is 3. The number of aliphatic carboxylic acids is 3. The van der Waals surface area contributed by atoms with Gasteiger partial charge in [0.05, 0.1) is 32.2 Å². The minimum Gasteiger partial charge on any atom is -0.481 e. The van der Waals surface area contributed by atoms with E-state index >= 15 is 0 Å². The number of halogens is 3. The van der Waals surface area contributed by atoms with E-state index in [1.807, 2.05) is 0 Å². The maximum atomic E-state index is 12.4. The van der Waals surface area contributed by atoms with Gasteiger partial charge in [0.15, 0.2) is 5.82 Å². The summed E-state index contributed by atoms with van der Waals surface area (Å²) in [4.78, 5) is 68.9. The van der Waals surface area contributed by atoms with Crippen molar-refractivity contribution in [1.82, 2.24) is 29.7 Å². The Kier molecular flexibility index (Phi) is 11.1. The second-order valence-corrected chi connectivity index (χ2v) is 8.26. The number of carbonyl (C=O) groups excluding carboxylic acids is 2. The van der Waals surface area contributed by atoms with Crippen LogP contribution in [0.5, 0.6) is 0 Å². The van der Waals surface area contributed by atoms with Gasteiger partial charge in [0, 0.05) is 32.3 Å². The maximum Gasteiger partial charge on any atom is 0.490 e. The number of hydrogen-bond donors (Lipinski definition) is 6. The SMILES string of the molecule is CC(=O)Nc1c(-c2ncc(CN3CCOCC3)[nH]2)ncn1CC(=O)N[C@@H](CC(=O)O)C(=O)O.O=C(O)C(F)(F)F. The minimum absolute atomic E-state index is 0.190. The van der Waals surface area contributed by atoms with Gasteiger partial charge in [-0.3, -0.25) is 19.3 Å². The van der Waals surface area contributed by atoms with Gasteiger partial charge in [0.1, 0.15) is 24.1 Å². The van der Waals surface area contributed by atoms with Gasteiger partial charge in [-0.1, -0.05) is 0 Å². The van der Waals surface area contributed by atoms with Crippen molar-refractivity contribution >= 4 is 35.5 Å². The number of H-pyrrole nitrogens is 1. The molecule has 40 heavy (non-hydrogen) atoms. The summed E-state index contributed by atoms with van der Waals surface area (Å²) >= 11 is 0. The molecule has 16 nitrogen and oxygen atoms in total. The van der Waals surface area contributed by atoms with Crippen LogP contribution in [0.1, 0.15) is 19.0 Å². The molecule has 1 aliphatic rings. The van der Waals surface area contributed by atoms with Crippen molar-refractivity contribution < 1.29 is 57.2 Å². The number of imidazole rings is 2. The highest BCUT2D eigenvalue weighted by atomic mass is 19.4. The van der Waals surface area contributed by atoms with E-state index < -0.39 is 54.9 Å². The van der Waals surface area contributed by atoms with E-state index in [2.05, 4.69) is 30.5 Å². The number of alkyl halides is 3. The Morgan fingerprint density at radius 2 is 1.75 bits per heavy atom. The predicted molar refractivity (Wildman–Crippen MR) is 126 cm³/mol. The molecule has 2 aromatic heterocycles. The summed E-state index contributed by atoms with van der Waals surface area (Å²) < 4.78 is 38.4. The van der Waals surface area contributed by atoms with Crippen molar-refractivity contribution in [3.8, 4) is 11.5 Å². The number of hydrogen-bond acceptors (Lipinski definition) is 9. The highest BCUT2D eigenvalue weighted by molar-refractivity contribution is 5.92. The van der Waals surface area contributed by atoms with E-state index in [1.54, 1.807) is 6.20 Å². The third kappa shape index (κ3) is 9.98. The Balaban J connectivity index is 0.000000708. The average Bonchev–Trinajstić information content (AvgIpc) is 3.45. The van der Waals surface area contributed by atoms with Gasteiger partial charge in [-0.2, -0.15) is 13.2 Å². The first-order valence-electron chi connectivity index (χ1n) is 11.4. The van der Waals surface area contributed by atoms with E-state index in [0.717, 1.165) is 18.8 Å². The van der Waals surface area contributed by atoms with Gasteiger partial charge in [-0.25, -0.2) is 19.6 Å². The fraction of sp³-hybridized carbons (Fsp3) is 0.476. The molecule has 1 fully saturated rings. The molecule has 0 aliphatic carbocycles. The predicted octanol–water partition coefficient (Wildman–Crippen LogP) is -0.259. The number of aromatic nitrogens is 4. The third-order valence-electron chi connectivity index (χ3n) is 5.05. The van der Waals surface area contributed by atoms with Crippen LogP contribution in [0.2, 0.25) is 0 Å². The lowest BCUT2D eigenvalue weighted by Gasteiger charge is -2.25. The van der Waals surface area contributed by atoms with E-state index in [1.165, 1.54) is 17.8 Å². The van der Waals surface area contributed by atoms with Crippen molar-refractivity contribution in [3.63, 3.8) is 0 Å². The van der Waals surface area contributed by atoms with E-state index in [-0.39, 0.29) is 5.82 Å².